The third kappa shape index (κ3) is 3.77. The van der Waals surface area contributed by atoms with Gasteiger partial charge in [-0.15, -0.1) is 0 Å². The van der Waals surface area contributed by atoms with Crippen molar-refractivity contribution in [1.82, 2.24) is 10.2 Å². The topological polar surface area (TPSA) is 67.9 Å². The highest BCUT2D eigenvalue weighted by Crippen LogP contribution is 2.52. The maximum Gasteiger partial charge on any atom is 0.255 e. The van der Waals surface area contributed by atoms with Gasteiger partial charge in [0.1, 0.15) is 5.75 Å². The van der Waals surface area contributed by atoms with Gasteiger partial charge < -0.3 is 19.7 Å². The summed E-state index contributed by atoms with van der Waals surface area (Å²) in [6.07, 6.45) is 2.88. The van der Waals surface area contributed by atoms with E-state index in [0.717, 1.165) is 24.8 Å². The number of amides is 2. The summed E-state index contributed by atoms with van der Waals surface area (Å²) in [7, 11) is 3.28. The van der Waals surface area contributed by atoms with Crippen molar-refractivity contribution in [3.8, 4) is 5.75 Å². The van der Waals surface area contributed by atoms with Crippen molar-refractivity contribution >= 4 is 11.8 Å². The normalized spacial score (nSPS) is 21.3. The van der Waals surface area contributed by atoms with E-state index in [0.29, 0.717) is 30.8 Å². The van der Waals surface area contributed by atoms with Crippen LogP contribution in [-0.2, 0) is 14.9 Å². The molecule has 2 atom stereocenters. The van der Waals surface area contributed by atoms with Gasteiger partial charge in [-0.2, -0.15) is 0 Å². The quantitative estimate of drug-likeness (QED) is 0.747. The number of benzene rings is 2. The molecule has 0 unspecified atom stereocenters. The monoisotopic (exact) mass is 436 g/mol. The van der Waals surface area contributed by atoms with Crippen molar-refractivity contribution in [2.24, 2.45) is 0 Å². The van der Waals surface area contributed by atoms with E-state index in [4.69, 9.17) is 9.47 Å². The Morgan fingerprint density at radius 1 is 1.06 bits per heavy atom. The van der Waals surface area contributed by atoms with Gasteiger partial charge in [0.05, 0.1) is 24.8 Å². The van der Waals surface area contributed by atoms with Crippen LogP contribution >= 0.6 is 0 Å². The van der Waals surface area contributed by atoms with Gasteiger partial charge in [0, 0.05) is 32.0 Å². The van der Waals surface area contributed by atoms with Gasteiger partial charge in [0.15, 0.2) is 0 Å². The number of nitrogens with zero attached hydrogens (tertiary/aromatic N) is 1. The standard InChI is InChI=1S/C26H32N2O4/c1-4-9-22(29)28-16-14-26(15-17-28)20-12-7-5-10-18(20)23(24(26)32-3)27-25(30)19-11-6-8-13-21(19)31-2/h5-8,10-13,23-24H,4,9,14-17H2,1-3H3,(H,27,30)/t23-,24+/m1/s1. The van der Waals surface area contributed by atoms with Crippen LogP contribution in [0.25, 0.3) is 0 Å². The first-order valence-electron chi connectivity index (χ1n) is 11.4. The largest absolute Gasteiger partial charge is 0.496 e. The lowest BCUT2D eigenvalue weighted by Crippen LogP contribution is -2.51. The Hall–Kier alpha value is -2.86. The summed E-state index contributed by atoms with van der Waals surface area (Å²) in [5, 5.41) is 3.23. The molecule has 1 saturated heterocycles. The summed E-state index contributed by atoms with van der Waals surface area (Å²) in [6, 6.07) is 15.3. The molecule has 1 aliphatic heterocycles. The summed E-state index contributed by atoms with van der Waals surface area (Å²) < 4.78 is 11.5. The first-order chi connectivity index (χ1) is 15.6. The Balaban J connectivity index is 1.63. The van der Waals surface area contributed by atoms with Gasteiger partial charge in [-0.05, 0) is 42.5 Å². The van der Waals surface area contributed by atoms with Crippen LogP contribution in [0, 0.1) is 0 Å². The zero-order valence-corrected chi connectivity index (χ0v) is 19.1. The molecule has 2 aromatic rings. The van der Waals surface area contributed by atoms with Gasteiger partial charge in [0.25, 0.3) is 5.91 Å². The number of hydrogen-bond acceptors (Lipinski definition) is 4. The van der Waals surface area contributed by atoms with Crippen LogP contribution in [0.3, 0.4) is 0 Å². The second-order valence-electron chi connectivity index (χ2n) is 8.68. The van der Waals surface area contributed by atoms with E-state index < -0.39 is 0 Å². The number of hydrogen-bond donors (Lipinski definition) is 1. The number of nitrogens with one attached hydrogen (secondary N) is 1. The molecule has 0 saturated carbocycles. The molecule has 1 heterocycles. The van der Waals surface area contributed by atoms with Gasteiger partial charge in [-0.3, -0.25) is 9.59 Å². The third-order valence-corrected chi connectivity index (χ3v) is 7.04. The van der Waals surface area contributed by atoms with E-state index in [9.17, 15) is 9.59 Å². The maximum absolute atomic E-state index is 13.2. The van der Waals surface area contributed by atoms with Crippen molar-refractivity contribution in [2.75, 3.05) is 27.3 Å². The first-order valence-corrected chi connectivity index (χ1v) is 11.4. The Morgan fingerprint density at radius 3 is 2.44 bits per heavy atom. The van der Waals surface area contributed by atoms with E-state index in [1.165, 1.54) is 5.56 Å². The average molecular weight is 437 g/mol. The Morgan fingerprint density at radius 2 is 1.75 bits per heavy atom. The van der Waals surface area contributed by atoms with Crippen LogP contribution in [-0.4, -0.2) is 50.1 Å². The van der Waals surface area contributed by atoms with E-state index in [2.05, 4.69) is 17.4 Å². The van der Waals surface area contributed by atoms with Crippen LogP contribution in [0.15, 0.2) is 48.5 Å². The number of para-hydroxylation sites is 1. The van der Waals surface area contributed by atoms with Gasteiger partial charge in [-0.1, -0.05) is 43.3 Å². The fourth-order valence-electron chi connectivity index (χ4n) is 5.50. The highest BCUT2D eigenvalue weighted by molar-refractivity contribution is 5.97. The summed E-state index contributed by atoms with van der Waals surface area (Å²) >= 11 is 0. The summed E-state index contributed by atoms with van der Waals surface area (Å²) in [4.78, 5) is 27.7. The van der Waals surface area contributed by atoms with Gasteiger partial charge in [-0.25, -0.2) is 0 Å². The molecule has 2 amide bonds. The molecule has 1 aliphatic carbocycles. The zero-order chi connectivity index (χ0) is 22.7. The molecule has 0 bridgehead atoms. The third-order valence-electron chi connectivity index (χ3n) is 7.04. The van der Waals surface area contributed by atoms with Crippen molar-refractivity contribution in [2.45, 2.75) is 50.2 Å². The van der Waals surface area contributed by atoms with E-state index in [-0.39, 0.29) is 29.4 Å². The van der Waals surface area contributed by atoms with Crippen molar-refractivity contribution in [1.29, 1.82) is 0 Å². The molecule has 1 fully saturated rings. The summed E-state index contributed by atoms with van der Waals surface area (Å²) in [6.45, 7) is 3.45. The molecular weight excluding hydrogens is 404 g/mol. The SMILES string of the molecule is CCCC(=O)N1CCC2(CC1)c1ccccc1[C@@H](NC(=O)c1ccccc1OC)[C@@H]2OC. The second-order valence-corrected chi connectivity index (χ2v) is 8.68. The van der Waals surface area contributed by atoms with Crippen molar-refractivity contribution in [3.63, 3.8) is 0 Å². The highest BCUT2D eigenvalue weighted by atomic mass is 16.5. The molecule has 0 radical (unpaired) electrons. The summed E-state index contributed by atoms with van der Waals surface area (Å²) in [5.74, 6) is 0.586. The molecule has 1 N–H and O–H groups in total. The molecule has 0 aromatic heterocycles. The average Bonchev–Trinajstić information content (AvgIpc) is 3.08. The van der Waals surface area contributed by atoms with Crippen LogP contribution in [0.1, 0.15) is 60.1 Å². The fourth-order valence-corrected chi connectivity index (χ4v) is 5.50. The molecule has 2 aliphatic rings. The predicted molar refractivity (Wildman–Crippen MR) is 123 cm³/mol. The lowest BCUT2D eigenvalue weighted by Gasteiger charge is -2.44. The van der Waals surface area contributed by atoms with Crippen LogP contribution in [0.2, 0.25) is 0 Å². The lowest BCUT2D eigenvalue weighted by atomic mass is 9.71. The zero-order valence-electron chi connectivity index (χ0n) is 19.1. The number of piperidine rings is 1. The minimum absolute atomic E-state index is 0.183. The summed E-state index contributed by atoms with van der Waals surface area (Å²) in [5.41, 5.74) is 2.59. The fraction of sp³-hybridized carbons (Fsp3) is 0.462. The number of rotatable bonds is 6. The second kappa shape index (κ2) is 9.33. The number of ether oxygens (including phenoxy) is 2. The number of carbonyl (C=O) groups is 2. The molecule has 6 heteroatoms. The number of fused-ring (bicyclic) bond motifs is 2. The van der Waals surface area contributed by atoms with E-state index in [1.54, 1.807) is 26.4 Å². The maximum atomic E-state index is 13.2. The molecule has 170 valence electrons. The van der Waals surface area contributed by atoms with E-state index >= 15 is 0 Å². The molecular formula is C26H32N2O4. The Labute approximate surface area is 189 Å². The lowest BCUT2D eigenvalue weighted by molar-refractivity contribution is -0.133. The molecule has 1 spiro atoms. The Kier molecular flexibility index (Phi) is 6.51. The molecule has 2 aromatic carbocycles. The van der Waals surface area contributed by atoms with Gasteiger partial charge >= 0.3 is 0 Å². The predicted octanol–water partition coefficient (Wildman–Crippen LogP) is 3.86. The Bertz CT molecular complexity index is 981. The van der Waals surface area contributed by atoms with Crippen molar-refractivity contribution in [3.05, 3.63) is 65.2 Å². The molecule has 4 rings (SSSR count). The number of carbonyl (C=O) groups excluding carboxylic acids is 2. The first kappa shape index (κ1) is 22.3. The van der Waals surface area contributed by atoms with Crippen LogP contribution < -0.4 is 10.1 Å². The smallest absolute Gasteiger partial charge is 0.255 e. The van der Waals surface area contributed by atoms with Crippen LogP contribution in [0.5, 0.6) is 5.75 Å². The minimum Gasteiger partial charge on any atom is -0.496 e. The number of likely N-dealkylation sites (tertiary alicyclic amines) is 1. The number of methoxy groups -OCH3 is 2. The van der Waals surface area contributed by atoms with E-state index in [1.807, 2.05) is 36.1 Å². The van der Waals surface area contributed by atoms with Gasteiger partial charge in [0.2, 0.25) is 5.91 Å². The molecule has 32 heavy (non-hydrogen) atoms. The van der Waals surface area contributed by atoms with Crippen molar-refractivity contribution < 1.29 is 19.1 Å². The van der Waals surface area contributed by atoms with Crippen LogP contribution in [0.4, 0.5) is 0 Å². The minimum atomic E-state index is -0.272. The highest BCUT2D eigenvalue weighted by Gasteiger charge is 2.54. The molecule has 6 nitrogen and oxygen atoms in total.